The van der Waals surface area contributed by atoms with Gasteiger partial charge >= 0.3 is 0 Å². The van der Waals surface area contributed by atoms with E-state index in [4.69, 9.17) is 34.8 Å². The van der Waals surface area contributed by atoms with Gasteiger partial charge in [0.1, 0.15) is 11.8 Å². The third-order valence-electron chi connectivity index (χ3n) is 3.51. The Labute approximate surface area is 171 Å². The summed E-state index contributed by atoms with van der Waals surface area (Å²) in [4.78, 5) is 36.2. The normalized spacial score (nSPS) is 10.3. The Balaban J connectivity index is 2.16. The first-order valence-corrected chi connectivity index (χ1v) is 9.27. The molecule has 2 amide bonds. The summed E-state index contributed by atoms with van der Waals surface area (Å²) in [5.74, 6) is -2.25. The lowest BCUT2D eigenvalue weighted by atomic mass is 10.0. The summed E-state index contributed by atoms with van der Waals surface area (Å²) >= 11 is 17.0. The van der Waals surface area contributed by atoms with Crippen LogP contribution >= 0.6 is 34.8 Å². The molecule has 2 rings (SSSR count). The number of carbonyl (C=O) groups is 3. The Bertz CT molecular complexity index is 815. The molecule has 0 aromatic heterocycles. The van der Waals surface area contributed by atoms with E-state index in [1.807, 2.05) is 6.07 Å². The zero-order chi connectivity index (χ0) is 19.8. The molecule has 0 heterocycles. The smallest absolute Gasteiger partial charge is 0.258 e. The summed E-state index contributed by atoms with van der Waals surface area (Å²) in [7, 11) is 0. The summed E-state index contributed by atoms with van der Waals surface area (Å²) in [5.41, 5.74) is 3.95. The third kappa shape index (κ3) is 5.68. The number of ketones is 1. The molecule has 27 heavy (non-hydrogen) atoms. The van der Waals surface area contributed by atoms with Gasteiger partial charge in [0.05, 0.1) is 6.67 Å². The molecular weight excluding hydrogens is 413 g/mol. The lowest BCUT2D eigenvalue weighted by Crippen LogP contribution is -2.50. The first-order chi connectivity index (χ1) is 13.0. The second-order valence-electron chi connectivity index (χ2n) is 5.29. The highest BCUT2D eigenvalue weighted by Crippen LogP contribution is 2.23. The summed E-state index contributed by atoms with van der Waals surface area (Å²) in [6.07, 6.45) is 0. The molecule has 0 unspecified atom stereocenters. The summed E-state index contributed by atoms with van der Waals surface area (Å²) in [6.45, 7) is -0.0258. The van der Waals surface area contributed by atoms with E-state index in [-0.39, 0.29) is 24.2 Å². The number of amides is 2. The van der Waals surface area contributed by atoms with Gasteiger partial charge in [-0.2, -0.15) is 0 Å². The molecule has 142 valence electrons. The topological polar surface area (TPSA) is 78.5 Å². The van der Waals surface area contributed by atoms with E-state index < -0.39 is 11.8 Å². The number of imide groups is 1. The number of rotatable bonds is 8. The highest BCUT2D eigenvalue weighted by atomic mass is 35.5. The zero-order valence-electron chi connectivity index (χ0n) is 14.0. The molecule has 0 spiro atoms. The maximum Gasteiger partial charge on any atom is 0.258 e. The van der Waals surface area contributed by atoms with E-state index in [9.17, 15) is 14.4 Å². The highest BCUT2D eigenvalue weighted by Gasteiger charge is 2.20. The van der Waals surface area contributed by atoms with Gasteiger partial charge in [-0.25, -0.2) is 10.4 Å². The van der Waals surface area contributed by atoms with Crippen LogP contribution < -0.4 is 10.7 Å². The average molecular weight is 429 g/mol. The van der Waals surface area contributed by atoms with Gasteiger partial charge in [-0.3, -0.25) is 14.4 Å². The predicted molar refractivity (Wildman–Crippen MR) is 106 cm³/mol. The molecule has 0 aliphatic heterocycles. The van der Waals surface area contributed by atoms with Crippen LogP contribution in [0.5, 0.6) is 0 Å². The number of hydrogen-bond acceptors (Lipinski definition) is 5. The van der Waals surface area contributed by atoms with Gasteiger partial charge in [-0.05, 0) is 18.2 Å². The SMILES string of the molecule is O=C(c1ccccc1)c1cc(Cl)ccc1NCNN(C(=O)CCl)C(=O)CCl. The minimum absolute atomic E-state index is 0.0258. The fourth-order valence-corrected chi connectivity index (χ4v) is 2.66. The Hall–Kier alpha value is -2.12. The summed E-state index contributed by atoms with van der Waals surface area (Å²) < 4.78 is 0. The van der Waals surface area contributed by atoms with Crippen LogP contribution in [0.25, 0.3) is 0 Å². The van der Waals surface area contributed by atoms with Crippen LogP contribution in [0.4, 0.5) is 5.69 Å². The van der Waals surface area contributed by atoms with Crippen LogP contribution in [0.1, 0.15) is 15.9 Å². The molecule has 2 N–H and O–H groups in total. The molecule has 0 saturated heterocycles. The van der Waals surface area contributed by atoms with Gasteiger partial charge in [0.15, 0.2) is 5.78 Å². The molecule has 2 aromatic carbocycles. The van der Waals surface area contributed by atoms with Crippen LogP contribution in [0.2, 0.25) is 5.02 Å². The number of hydrogen-bond donors (Lipinski definition) is 2. The second kappa shape index (κ2) is 10.3. The Kier molecular flexibility index (Phi) is 8.06. The van der Waals surface area contributed by atoms with Gasteiger partial charge in [-0.15, -0.1) is 23.2 Å². The number of halogens is 3. The van der Waals surface area contributed by atoms with E-state index >= 15 is 0 Å². The van der Waals surface area contributed by atoms with Gasteiger partial charge in [-0.1, -0.05) is 41.9 Å². The predicted octanol–water partition coefficient (Wildman–Crippen LogP) is 3.28. The van der Waals surface area contributed by atoms with Crippen molar-refractivity contribution in [2.24, 2.45) is 0 Å². The van der Waals surface area contributed by atoms with Crippen LogP contribution in [0.15, 0.2) is 48.5 Å². The van der Waals surface area contributed by atoms with Crippen molar-refractivity contribution < 1.29 is 14.4 Å². The van der Waals surface area contributed by atoms with Crippen LogP contribution in [-0.4, -0.2) is 41.0 Å². The van der Waals surface area contributed by atoms with E-state index in [0.717, 1.165) is 5.01 Å². The molecule has 6 nitrogen and oxygen atoms in total. The maximum atomic E-state index is 12.8. The molecule has 0 saturated carbocycles. The second-order valence-corrected chi connectivity index (χ2v) is 6.26. The van der Waals surface area contributed by atoms with E-state index in [0.29, 0.717) is 21.8 Å². The Morgan fingerprint density at radius 2 is 1.56 bits per heavy atom. The number of hydrazine groups is 1. The van der Waals surface area contributed by atoms with E-state index in [1.165, 1.54) is 0 Å². The van der Waals surface area contributed by atoms with Crippen molar-refractivity contribution >= 4 is 58.1 Å². The Morgan fingerprint density at radius 3 is 2.15 bits per heavy atom. The number of anilines is 1. The molecule has 0 bridgehead atoms. The van der Waals surface area contributed by atoms with E-state index in [2.05, 4.69) is 10.7 Å². The van der Waals surface area contributed by atoms with Crippen molar-refractivity contribution in [1.82, 2.24) is 10.4 Å². The van der Waals surface area contributed by atoms with Gasteiger partial charge < -0.3 is 5.32 Å². The van der Waals surface area contributed by atoms with Crippen molar-refractivity contribution in [3.05, 3.63) is 64.7 Å². The standard InChI is InChI=1S/C18H16Cl3N3O3/c19-9-16(25)24(17(26)10-20)23-11-22-15-7-6-13(21)8-14(15)18(27)12-4-2-1-3-5-12/h1-8,22-23H,9-11H2. The number of nitrogens with one attached hydrogen (secondary N) is 2. The number of nitrogens with zero attached hydrogens (tertiary/aromatic N) is 1. The molecule has 9 heteroatoms. The van der Waals surface area contributed by atoms with Gasteiger partial charge in [0.25, 0.3) is 11.8 Å². The van der Waals surface area contributed by atoms with Crippen LogP contribution in [0.3, 0.4) is 0 Å². The van der Waals surface area contributed by atoms with Crippen molar-refractivity contribution in [1.29, 1.82) is 0 Å². The first-order valence-electron chi connectivity index (χ1n) is 7.82. The lowest BCUT2D eigenvalue weighted by Gasteiger charge is -2.21. The van der Waals surface area contributed by atoms with Crippen LogP contribution in [-0.2, 0) is 9.59 Å². The molecule has 0 radical (unpaired) electrons. The molecule has 0 aliphatic rings. The summed E-state index contributed by atoms with van der Waals surface area (Å²) in [5, 5.41) is 4.10. The fourth-order valence-electron chi connectivity index (χ4n) is 2.25. The minimum atomic E-state index is -0.638. The fraction of sp³-hybridized carbons (Fsp3) is 0.167. The monoisotopic (exact) mass is 427 g/mol. The molecule has 2 aromatic rings. The average Bonchev–Trinajstić information content (AvgIpc) is 2.71. The largest absolute Gasteiger partial charge is 0.370 e. The number of alkyl halides is 2. The number of carbonyl (C=O) groups excluding carboxylic acids is 3. The Morgan fingerprint density at radius 1 is 0.926 bits per heavy atom. The van der Waals surface area contributed by atoms with E-state index in [1.54, 1.807) is 42.5 Å². The molecular formula is C18H16Cl3N3O3. The number of benzene rings is 2. The van der Waals surface area contributed by atoms with Gasteiger partial charge in [0.2, 0.25) is 0 Å². The van der Waals surface area contributed by atoms with Crippen LogP contribution in [0, 0.1) is 0 Å². The summed E-state index contributed by atoms with van der Waals surface area (Å²) in [6, 6.07) is 13.5. The van der Waals surface area contributed by atoms with Crippen molar-refractivity contribution in [3.8, 4) is 0 Å². The quantitative estimate of drug-likeness (QED) is 0.292. The highest BCUT2D eigenvalue weighted by molar-refractivity contribution is 6.32. The zero-order valence-corrected chi connectivity index (χ0v) is 16.3. The van der Waals surface area contributed by atoms with Crippen molar-refractivity contribution in [3.63, 3.8) is 0 Å². The minimum Gasteiger partial charge on any atom is -0.370 e. The van der Waals surface area contributed by atoms with Gasteiger partial charge in [0, 0.05) is 21.8 Å². The van der Waals surface area contributed by atoms with Crippen molar-refractivity contribution in [2.75, 3.05) is 23.7 Å². The third-order valence-corrected chi connectivity index (χ3v) is 4.20. The maximum absolute atomic E-state index is 12.8. The molecule has 0 fully saturated rings. The molecule has 0 atom stereocenters. The van der Waals surface area contributed by atoms with Crippen molar-refractivity contribution in [2.45, 2.75) is 0 Å². The lowest BCUT2D eigenvalue weighted by molar-refractivity contribution is -0.145. The first kappa shape index (κ1) is 21.2. The molecule has 0 aliphatic carbocycles.